The summed E-state index contributed by atoms with van der Waals surface area (Å²) in [7, 11) is 0. The van der Waals surface area contributed by atoms with Crippen LogP contribution in [0.5, 0.6) is 0 Å². The molecule has 1 aromatic heterocycles. The molecule has 1 aromatic rings. The van der Waals surface area contributed by atoms with Gasteiger partial charge in [-0.2, -0.15) is 5.10 Å². The minimum absolute atomic E-state index is 0.0408. The maximum atomic E-state index is 12.8. The largest absolute Gasteiger partial charge is 0.387 e. The molecule has 0 aromatic carbocycles. The lowest BCUT2D eigenvalue weighted by atomic mass is 10.0. The number of rotatable bonds is 4. The Balaban J connectivity index is 1.63. The van der Waals surface area contributed by atoms with Crippen LogP contribution in [0.25, 0.3) is 0 Å². The lowest BCUT2D eigenvalue weighted by Crippen LogP contribution is -2.51. The topological polar surface area (TPSA) is 83.7 Å². The minimum atomic E-state index is -0.842. The fraction of sp³-hybridized carbons (Fsp3) is 0.800. The van der Waals surface area contributed by atoms with Crippen LogP contribution in [-0.4, -0.2) is 87.1 Å². The van der Waals surface area contributed by atoms with Crippen LogP contribution < -0.4 is 0 Å². The van der Waals surface area contributed by atoms with Crippen LogP contribution in [0.1, 0.15) is 20.3 Å². The second-order valence-electron chi connectivity index (χ2n) is 6.99. The number of morpholine rings is 1. The molecule has 3 heterocycles. The van der Waals surface area contributed by atoms with Gasteiger partial charge in [0.2, 0.25) is 5.91 Å². The molecule has 1 amide bonds. The highest BCUT2D eigenvalue weighted by atomic mass is 16.5. The molecule has 1 atom stereocenters. The first-order valence-corrected chi connectivity index (χ1v) is 8.08. The van der Waals surface area contributed by atoms with E-state index in [0.717, 1.165) is 13.1 Å². The molecular formula is C15H25N5O3. The van der Waals surface area contributed by atoms with Gasteiger partial charge in [-0.05, 0) is 20.3 Å². The lowest BCUT2D eigenvalue weighted by molar-refractivity contribution is -0.140. The van der Waals surface area contributed by atoms with Crippen molar-refractivity contribution in [3.05, 3.63) is 12.7 Å². The van der Waals surface area contributed by atoms with E-state index in [1.165, 1.54) is 6.33 Å². The van der Waals surface area contributed by atoms with Gasteiger partial charge >= 0.3 is 0 Å². The molecule has 23 heavy (non-hydrogen) atoms. The van der Waals surface area contributed by atoms with E-state index < -0.39 is 11.1 Å². The van der Waals surface area contributed by atoms with E-state index in [1.807, 2.05) is 13.8 Å². The molecule has 0 bridgehead atoms. The Morgan fingerprint density at radius 2 is 2.09 bits per heavy atom. The lowest BCUT2D eigenvalue weighted by Gasteiger charge is -2.34. The molecule has 8 heteroatoms. The molecule has 1 N–H and O–H groups in total. The molecule has 1 unspecified atom stereocenters. The van der Waals surface area contributed by atoms with Crippen molar-refractivity contribution >= 4 is 5.91 Å². The molecule has 0 saturated carbocycles. The zero-order valence-corrected chi connectivity index (χ0v) is 13.8. The monoisotopic (exact) mass is 323 g/mol. The number of likely N-dealkylation sites (tertiary alicyclic amines) is 1. The van der Waals surface area contributed by atoms with Crippen molar-refractivity contribution in [2.24, 2.45) is 0 Å². The number of hydrogen-bond acceptors (Lipinski definition) is 6. The van der Waals surface area contributed by atoms with Crippen molar-refractivity contribution in [1.29, 1.82) is 0 Å². The van der Waals surface area contributed by atoms with Gasteiger partial charge in [-0.3, -0.25) is 9.69 Å². The Morgan fingerprint density at radius 1 is 1.35 bits per heavy atom. The molecule has 0 aliphatic carbocycles. The van der Waals surface area contributed by atoms with Crippen LogP contribution in [0.4, 0.5) is 0 Å². The maximum Gasteiger partial charge on any atom is 0.250 e. The highest BCUT2D eigenvalue weighted by Gasteiger charge is 2.44. The quantitative estimate of drug-likeness (QED) is 0.789. The van der Waals surface area contributed by atoms with Crippen LogP contribution in [0, 0.1) is 0 Å². The first-order chi connectivity index (χ1) is 10.9. The summed E-state index contributed by atoms with van der Waals surface area (Å²) in [5, 5.41) is 14.9. The number of hydrogen-bond donors (Lipinski definition) is 1. The van der Waals surface area contributed by atoms with Crippen molar-refractivity contribution in [3.8, 4) is 0 Å². The summed E-state index contributed by atoms with van der Waals surface area (Å²) in [4.78, 5) is 20.7. The predicted octanol–water partition coefficient (Wildman–Crippen LogP) is -0.691. The van der Waals surface area contributed by atoms with E-state index in [-0.39, 0.29) is 5.91 Å². The first-order valence-electron chi connectivity index (χ1n) is 8.08. The number of ether oxygens (including phenoxy) is 1. The molecule has 2 saturated heterocycles. The fourth-order valence-electron chi connectivity index (χ4n) is 3.32. The molecule has 2 fully saturated rings. The predicted molar refractivity (Wildman–Crippen MR) is 82.7 cm³/mol. The Bertz CT molecular complexity index is 541. The summed E-state index contributed by atoms with van der Waals surface area (Å²) < 4.78 is 6.90. The Morgan fingerprint density at radius 3 is 2.74 bits per heavy atom. The summed E-state index contributed by atoms with van der Waals surface area (Å²) in [5.74, 6) is -0.0408. The number of carbonyl (C=O) groups is 1. The maximum absolute atomic E-state index is 12.8. The Labute approximate surface area is 136 Å². The Hall–Kier alpha value is -1.51. The van der Waals surface area contributed by atoms with Crippen LogP contribution >= 0.6 is 0 Å². The van der Waals surface area contributed by atoms with Gasteiger partial charge in [0.1, 0.15) is 18.2 Å². The van der Waals surface area contributed by atoms with E-state index in [1.54, 1.807) is 15.9 Å². The van der Waals surface area contributed by atoms with Gasteiger partial charge in [-0.25, -0.2) is 9.67 Å². The molecular weight excluding hydrogens is 298 g/mol. The number of nitrogens with zero attached hydrogens (tertiary/aromatic N) is 5. The average Bonchev–Trinajstić information content (AvgIpc) is 3.18. The number of aromatic nitrogens is 3. The number of amides is 1. The molecule has 0 spiro atoms. The molecule has 3 rings (SSSR count). The van der Waals surface area contributed by atoms with Crippen LogP contribution in [0.2, 0.25) is 0 Å². The second-order valence-corrected chi connectivity index (χ2v) is 6.99. The molecule has 2 aliphatic heterocycles. The zero-order chi connectivity index (χ0) is 16.5. The number of aliphatic hydroxyl groups is 1. The van der Waals surface area contributed by atoms with Gasteiger partial charge in [0.15, 0.2) is 0 Å². The van der Waals surface area contributed by atoms with E-state index in [9.17, 15) is 9.90 Å². The Kier molecular flexibility index (Phi) is 4.39. The number of β-amino-alcohol motifs (C(OH)–C–C–N with tert-alkyl or cyclic N) is 1. The molecule has 2 aliphatic rings. The smallest absolute Gasteiger partial charge is 0.250 e. The van der Waals surface area contributed by atoms with Crippen molar-refractivity contribution < 1.29 is 14.6 Å². The molecule has 0 radical (unpaired) electrons. The van der Waals surface area contributed by atoms with Crippen molar-refractivity contribution in [1.82, 2.24) is 24.6 Å². The van der Waals surface area contributed by atoms with Gasteiger partial charge < -0.3 is 14.7 Å². The summed E-state index contributed by atoms with van der Waals surface area (Å²) in [5.41, 5.74) is -1.65. The van der Waals surface area contributed by atoms with E-state index in [4.69, 9.17) is 4.74 Å². The highest BCUT2D eigenvalue weighted by Crippen LogP contribution is 2.27. The van der Waals surface area contributed by atoms with Crippen LogP contribution in [-0.2, 0) is 15.1 Å². The van der Waals surface area contributed by atoms with E-state index in [2.05, 4.69) is 15.0 Å². The molecule has 128 valence electrons. The fourth-order valence-corrected chi connectivity index (χ4v) is 3.32. The van der Waals surface area contributed by atoms with Crippen LogP contribution in [0.15, 0.2) is 12.7 Å². The third kappa shape index (κ3) is 3.39. The van der Waals surface area contributed by atoms with Gasteiger partial charge in [-0.1, -0.05) is 0 Å². The van der Waals surface area contributed by atoms with E-state index >= 15 is 0 Å². The van der Waals surface area contributed by atoms with Gasteiger partial charge in [0.25, 0.3) is 0 Å². The SMILES string of the molecule is CC(C)(C(=O)N1CCC(O)(CN2CCOCC2)C1)n1cncn1. The van der Waals surface area contributed by atoms with Crippen molar-refractivity contribution in [2.75, 3.05) is 45.9 Å². The van der Waals surface area contributed by atoms with Crippen LogP contribution in [0.3, 0.4) is 0 Å². The number of carbonyl (C=O) groups excluding carboxylic acids is 1. The van der Waals surface area contributed by atoms with Gasteiger partial charge in [0, 0.05) is 26.2 Å². The summed E-state index contributed by atoms with van der Waals surface area (Å²) >= 11 is 0. The summed E-state index contributed by atoms with van der Waals surface area (Å²) in [6.07, 6.45) is 3.57. The normalized spacial score (nSPS) is 26.7. The van der Waals surface area contributed by atoms with E-state index in [0.29, 0.717) is 39.3 Å². The third-order valence-electron chi connectivity index (χ3n) is 4.76. The van der Waals surface area contributed by atoms with Crippen molar-refractivity contribution in [3.63, 3.8) is 0 Å². The summed E-state index contributed by atoms with van der Waals surface area (Å²) in [6, 6.07) is 0. The standard InChI is InChI=1S/C15H25N5O3/c1-14(2,20-12-16-11-17-20)13(21)19-4-3-15(22,10-19)9-18-5-7-23-8-6-18/h11-12,22H,3-10H2,1-2H3. The summed E-state index contributed by atoms with van der Waals surface area (Å²) in [6.45, 7) is 8.24. The molecule has 8 nitrogen and oxygen atoms in total. The van der Waals surface area contributed by atoms with Gasteiger partial charge in [0.05, 0.1) is 25.4 Å². The highest BCUT2D eigenvalue weighted by molar-refractivity contribution is 5.84. The zero-order valence-electron chi connectivity index (χ0n) is 13.8. The average molecular weight is 323 g/mol. The van der Waals surface area contributed by atoms with Gasteiger partial charge in [-0.15, -0.1) is 0 Å². The third-order valence-corrected chi connectivity index (χ3v) is 4.76. The minimum Gasteiger partial charge on any atom is -0.387 e. The second kappa shape index (κ2) is 6.18. The first kappa shape index (κ1) is 16.4. The van der Waals surface area contributed by atoms with Crippen molar-refractivity contribution in [2.45, 2.75) is 31.4 Å².